The quantitative estimate of drug-likeness (QED) is 0.631. The molecule has 2 aliphatic rings. The third-order valence-electron chi connectivity index (χ3n) is 5.12. The molecule has 2 heterocycles. The van der Waals surface area contributed by atoms with Crippen molar-refractivity contribution in [1.82, 2.24) is 9.21 Å². The van der Waals surface area contributed by atoms with Crippen molar-refractivity contribution in [2.75, 3.05) is 45.1 Å². The predicted molar refractivity (Wildman–Crippen MR) is 115 cm³/mol. The number of hydrogen-bond acceptors (Lipinski definition) is 6. The number of sulfonamides is 1. The number of carbonyl (C=O) groups excluding carboxylic acids is 1. The van der Waals surface area contributed by atoms with E-state index < -0.39 is 10.0 Å². The maximum Gasteiger partial charge on any atom is 0.243 e. The largest absolute Gasteiger partial charge is 0.490 e. The van der Waals surface area contributed by atoms with Gasteiger partial charge in [-0.25, -0.2) is 12.8 Å². The smallest absolute Gasteiger partial charge is 0.243 e. The van der Waals surface area contributed by atoms with E-state index in [1.165, 1.54) is 40.3 Å². The van der Waals surface area contributed by atoms with Crippen LogP contribution in [0.15, 0.2) is 52.3 Å². The van der Waals surface area contributed by atoms with E-state index in [0.717, 1.165) is 11.3 Å². The molecule has 2 aromatic rings. The Morgan fingerprint density at radius 2 is 1.65 bits per heavy atom. The van der Waals surface area contributed by atoms with Gasteiger partial charge in [0.25, 0.3) is 0 Å². The van der Waals surface area contributed by atoms with Gasteiger partial charge in [0.2, 0.25) is 15.9 Å². The van der Waals surface area contributed by atoms with E-state index in [4.69, 9.17) is 9.47 Å². The summed E-state index contributed by atoms with van der Waals surface area (Å²) >= 11 is 1.33. The van der Waals surface area contributed by atoms with Crippen LogP contribution in [-0.4, -0.2) is 68.7 Å². The van der Waals surface area contributed by atoms with Gasteiger partial charge in [0.05, 0.1) is 23.9 Å². The fourth-order valence-electron chi connectivity index (χ4n) is 3.40. The van der Waals surface area contributed by atoms with Crippen molar-refractivity contribution in [3.05, 3.63) is 48.3 Å². The van der Waals surface area contributed by atoms with Crippen molar-refractivity contribution >= 4 is 27.7 Å². The Morgan fingerprint density at radius 3 is 2.35 bits per heavy atom. The Kier molecular flexibility index (Phi) is 6.68. The molecule has 0 aliphatic carbocycles. The standard InChI is InChI=1S/C21H23FN2O5S2/c22-16-2-4-17(5-3-16)30-15-21(25)23-8-10-24(11-9-23)31(26,27)18-6-7-19-20(14-18)29-13-1-12-28-19/h2-7,14H,1,8-13,15H2. The molecular weight excluding hydrogens is 443 g/mol. The lowest BCUT2D eigenvalue weighted by Gasteiger charge is -2.34. The van der Waals surface area contributed by atoms with Crippen LogP contribution >= 0.6 is 11.8 Å². The molecule has 1 amide bonds. The molecule has 166 valence electrons. The molecule has 2 aromatic carbocycles. The summed E-state index contributed by atoms with van der Waals surface area (Å²) in [6.07, 6.45) is 0.742. The van der Waals surface area contributed by atoms with Crippen LogP contribution in [0.25, 0.3) is 0 Å². The zero-order valence-electron chi connectivity index (χ0n) is 16.8. The maximum absolute atomic E-state index is 13.1. The molecule has 0 unspecified atom stereocenters. The number of piperazine rings is 1. The van der Waals surface area contributed by atoms with Crippen LogP contribution in [0.2, 0.25) is 0 Å². The van der Waals surface area contributed by atoms with Crippen molar-refractivity contribution in [2.45, 2.75) is 16.2 Å². The molecular formula is C21H23FN2O5S2. The van der Waals surface area contributed by atoms with Gasteiger partial charge in [-0.1, -0.05) is 0 Å². The molecule has 0 bridgehead atoms. The van der Waals surface area contributed by atoms with E-state index in [-0.39, 0.29) is 35.5 Å². The number of hydrogen-bond donors (Lipinski definition) is 0. The van der Waals surface area contributed by atoms with Crippen LogP contribution < -0.4 is 9.47 Å². The summed E-state index contributed by atoms with van der Waals surface area (Å²) in [5.74, 6) is 0.819. The van der Waals surface area contributed by atoms with Gasteiger partial charge in [-0.2, -0.15) is 4.31 Å². The Bertz CT molecular complexity index is 1040. The minimum atomic E-state index is -3.70. The summed E-state index contributed by atoms with van der Waals surface area (Å²) < 4.78 is 51.7. The fraction of sp³-hybridized carbons (Fsp3) is 0.381. The second-order valence-corrected chi connectivity index (χ2v) is 10.2. The monoisotopic (exact) mass is 466 g/mol. The summed E-state index contributed by atoms with van der Waals surface area (Å²) in [7, 11) is -3.70. The number of benzene rings is 2. The van der Waals surface area contributed by atoms with Crippen molar-refractivity contribution < 1.29 is 27.1 Å². The lowest BCUT2D eigenvalue weighted by molar-refractivity contribution is -0.129. The maximum atomic E-state index is 13.1. The first-order chi connectivity index (χ1) is 14.9. The lowest BCUT2D eigenvalue weighted by Crippen LogP contribution is -2.50. The van der Waals surface area contributed by atoms with Gasteiger partial charge in [0.15, 0.2) is 11.5 Å². The van der Waals surface area contributed by atoms with Gasteiger partial charge in [-0.15, -0.1) is 11.8 Å². The van der Waals surface area contributed by atoms with Gasteiger partial charge in [-0.3, -0.25) is 4.79 Å². The van der Waals surface area contributed by atoms with Crippen molar-refractivity contribution in [1.29, 1.82) is 0 Å². The predicted octanol–water partition coefficient (Wildman–Crippen LogP) is 2.61. The third-order valence-corrected chi connectivity index (χ3v) is 8.02. The highest BCUT2D eigenvalue weighted by atomic mass is 32.2. The summed E-state index contributed by atoms with van der Waals surface area (Å²) in [5.41, 5.74) is 0. The highest BCUT2D eigenvalue weighted by Crippen LogP contribution is 2.33. The van der Waals surface area contributed by atoms with Gasteiger partial charge < -0.3 is 14.4 Å². The molecule has 0 spiro atoms. The van der Waals surface area contributed by atoms with Gasteiger partial charge >= 0.3 is 0 Å². The van der Waals surface area contributed by atoms with E-state index in [1.54, 1.807) is 23.1 Å². The average Bonchev–Trinajstić information content (AvgIpc) is 3.03. The van der Waals surface area contributed by atoms with E-state index >= 15 is 0 Å². The molecule has 31 heavy (non-hydrogen) atoms. The molecule has 0 atom stereocenters. The van der Waals surface area contributed by atoms with Crippen LogP contribution in [0.3, 0.4) is 0 Å². The second kappa shape index (κ2) is 9.46. The van der Waals surface area contributed by atoms with Crippen LogP contribution in [0.4, 0.5) is 4.39 Å². The molecule has 0 saturated carbocycles. The highest BCUT2D eigenvalue weighted by Gasteiger charge is 2.31. The summed E-state index contributed by atoms with van der Waals surface area (Å²) in [4.78, 5) is 15.1. The van der Waals surface area contributed by atoms with Crippen molar-refractivity contribution in [3.63, 3.8) is 0 Å². The van der Waals surface area contributed by atoms with Gasteiger partial charge in [-0.05, 0) is 36.4 Å². The van der Waals surface area contributed by atoms with Crippen molar-refractivity contribution in [2.24, 2.45) is 0 Å². The van der Waals surface area contributed by atoms with Crippen LogP contribution in [0.1, 0.15) is 6.42 Å². The Morgan fingerprint density at radius 1 is 0.968 bits per heavy atom. The average molecular weight is 467 g/mol. The molecule has 4 rings (SSSR count). The van der Waals surface area contributed by atoms with E-state index in [1.807, 2.05) is 0 Å². The number of carbonyl (C=O) groups is 1. The Hall–Kier alpha value is -2.30. The normalized spacial score (nSPS) is 17.3. The summed E-state index contributed by atoms with van der Waals surface area (Å²) in [6, 6.07) is 10.6. The van der Waals surface area contributed by atoms with Gasteiger partial charge in [0, 0.05) is 43.6 Å². The number of amides is 1. The van der Waals surface area contributed by atoms with E-state index in [2.05, 4.69) is 0 Å². The molecule has 1 saturated heterocycles. The zero-order chi connectivity index (χ0) is 21.8. The Labute approximate surface area is 185 Å². The molecule has 1 fully saturated rings. The zero-order valence-corrected chi connectivity index (χ0v) is 18.5. The first-order valence-corrected chi connectivity index (χ1v) is 12.4. The number of fused-ring (bicyclic) bond motifs is 1. The first kappa shape index (κ1) is 21.9. The summed E-state index contributed by atoms with van der Waals surface area (Å²) in [5, 5.41) is 0. The number of nitrogens with zero attached hydrogens (tertiary/aromatic N) is 2. The molecule has 0 N–H and O–H groups in total. The molecule has 2 aliphatic heterocycles. The minimum Gasteiger partial charge on any atom is -0.490 e. The number of ether oxygens (including phenoxy) is 2. The van der Waals surface area contributed by atoms with Crippen molar-refractivity contribution in [3.8, 4) is 11.5 Å². The van der Waals surface area contributed by atoms with E-state index in [0.29, 0.717) is 37.8 Å². The van der Waals surface area contributed by atoms with Crippen LogP contribution in [-0.2, 0) is 14.8 Å². The first-order valence-electron chi connectivity index (χ1n) is 9.99. The number of rotatable bonds is 5. The second-order valence-electron chi connectivity index (χ2n) is 7.19. The summed E-state index contributed by atoms with van der Waals surface area (Å²) in [6.45, 7) is 2.12. The highest BCUT2D eigenvalue weighted by molar-refractivity contribution is 8.00. The molecule has 0 aromatic heterocycles. The molecule has 7 nitrogen and oxygen atoms in total. The van der Waals surface area contributed by atoms with Crippen LogP contribution in [0, 0.1) is 5.82 Å². The number of halogens is 1. The topological polar surface area (TPSA) is 76.2 Å². The Balaban J connectivity index is 1.35. The number of thioether (sulfide) groups is 1. The SMILES string of the molecule is O=C(CSc1ccc(F)cc1)N1CCN(S(=O)(=O)c2ccc3c(c2)OCCCO3)CC1. The molecule has 0 radical (unpaired) electrons. The van der Waals surface area contributed by atoms with Gasteiger partial charge in [0.1, 0.15) is 5.82 Å². The molecule has 10 heteroatoms. The van der Waals surface area contributed by atoms with Crippen LogP contribution in [0.5, 0.6) is 11.5 Å². The third kappa shape index (κ3) is 5.13. The van der Waals surface area contributed by atoms with E-state index in [9.17, 15) is 17.6 Å². The fourth-order valence-corrected chi connectivity index (χ4v) is 5.64. The minimum absolute atomic E-state index is 0.0676. The lowest BCUT2D eigenvalue weighted by atomic mass is 10.3.